The maximum Gasteiger partial charge on any atom is 0.229 e. The lowest BCUT2D eigenvalue weighted by atomic mass is 10.0. The van der Waals surface area contributed by atoms with Crippen LogP contribution in [0.5, 0.6) is 0 Å². The van der Waals surface area contributed by atoms with Crippen molar-refractivity contribution in [1.82, 2.24) is 19.9 Å². The minimum atomic E-state index is 0.410. The zero-order chi connectivity index (χ0) is 25.5. The molecule has 0 aliphatic heterocycles. The van der Waals surface area contributed by atoms with Gasteiger partial charge in [0, 0.05) is 23.1 Å². The molecule has 2 heterocycles. The molecule has 2 aromatic carbocycles. The van der Waals surface area contributed by atoms with Crippen molar-refractivity contribution in [2.75, 3.05) is 16.0 Å². The molecule has 2 aromatic heterocycles. The Balaban J connectivity index is 1.66. The van der Waals surface area contributed by atoms with Crippen molar-refractivity contribution in [1.29, 1.82) is 10.5 Å². The van der Waals surface area contributed by atoms with E-state index in [1.807, 2.05) is 51.1 Å². The Labute approximate surface area is 209 Å². The maximum absolute atomic E-state index is 9.03. The molecule has 0 fully saturated rings. The fourth-order valence-corrected chi connectivity index (χ4v) is 3.71. The zero-order valence-corrected chi connectivity index (χ0v) is 20.2. The van der Waals surface area contributed by atoms with Crippen molar-refractivity contribution in [3.05, 3.63) is 88.6 Å². The molecular weight excluding hydrogens is 450 g/mol. The predicted octanol–water partition coefficient (Wildman–Crippen LogP) is 5.63. The largest absolute Gasteiger partial charge is 0.375 e. The highest BCUT2D eigenvalue weighted by atomic mass is 15.2. The van der Waals surface area contributed by atoms with E-state index in [4.69, 9.17) is 15.5 Å². The van der Waals surface area contributed by atoms with Gasteiger partial charge >= 0.3 is 0 Å². The van der Waals surface area contributed by atoms with Gasteiger partial charge in [0.1, 0.15) is 0 Å². The third-order valence-electron chi connectivity index (χ3n) is 5.59. The summed E-state index contributed by atoms with van der Waals surface area (Å²) in [6.07, 6.45) is 6.64. The van der Waals surface area contributed by atoms with Gasteiger partial charge in [-0.05, 0) is 79.9 Å². The van der Waals surface area contributed by atoms with Gasteiger partial charge in [0.25, 0.3) is 0 Å². The van der Waals surface area contributed by atoms with E-state index in [1.165, 1.54) is 6.08 Å². The number of nitrogens with one attached hydrogen (secondary N) is 4. The number of allylic oxidation sites excluding steroid dienone is 1. The number of benzene rings is 2. The second-order valence-electron chi connectivity index (χ2n) is 8.21. The molecule has 0 atom stereocenters. The lowest BCUT2D eigenvalue weighted by Crippen LogP contribution is -2.09. The fraction of sp³-hybridized carbons (Fsp3) is 0.148. The predicted molar refractivity (Wildman–Crippen MR) is 141 cm³/mol. The van der Waals surface area contributed by atoms with Crippen LogP contribution in [0.4, 0.5) is 28.8 Å². The summed E-state index contributed by atoms with van der Waals surface area (Å²) in [5.41, 5.74) is 7.87. The van der Waals surface area contributed by atoms with Gasteiger partial charge in [0.2, 0.25) is 5.95 Å². The van der Waals surface area contributed by atoms with E-state index in [2.05, 4.69) is 37.0 Å². The van der Waals surface area contributed by atoms with Crippen LogP contribution in [0.15, 0.2) is 55.0 Å². The van der Waals surface area contributed by atoms with Crippen LogP contribution in [0, 0.1) is 43.4 Å². The number of H-pyrrole nitrogens is 1. The lowest BCUT2D eigenvalue weighted by molar-refractivity contribution is 1.04. The third-order valence-corrected chi connectivity index (χ3v) is 5.59. The average Bonchev–Trinajstić information content (AvgIpc) is 3.29. The molecule has 178 valence electrons. The van der Waals surface area contributed by atoms with E-state index < -0.39 is 0 Å². The Morgan fingerprint density at radius 2 is 1.75 bits per heavy atom. The topological polar surface area (TPSA) is 138 Å². The first-order chi connectivity index (χ1) is 17.5. The molecule has 9 nitrogen and oxygen atoms in total. The number of hydrogen-bond acceptors (Lipinski definition) is 8. The van der Waals surface area contributed by atoms with E-state index in [-0.39, 0.29) is 0 Å². The minimum absolute atomic E-state index is 0.410. The second kappa shape index (κ2) is 10.9. The number of hydrogen-bond donors (Lipinski definition) is 4. The smallest absolute Gasteiger partial charge is 0.229 e. The SMILES string of the molecule is Cc1cc(/C=C/C#N)cc(C)c1Nc1nc(Nc2ccc(C#N)cc2)ncc1NCc1nc[nH]c1C. The molecule has 4 aromatic rings. The van der Waals surface area contributed by atoms with Gasteiger partial charge in [-0.15, -0.1) is 0 Å². The van der Waals surface area contributed by atoms with Crippen LogP contribution in [0.25, 0.3) is 6.08 Å². The van der Waals surface area contributed by atoms with Crippen LogP contribution in [-0.2, 0) is 6.54 Å². The molecule has 9 heteroatoms. The molecule has 0 bridgehead atoms. The molecule has 4 N–H and O–H groups in total. The van der Waals surface area contributed by atoms with Gasteiger partial charge in [-0.3, -0.25) is 0 Å². The number of rotatable bonds is 8. The van der Waals surface area contributed by atoms with E-state index in [0.717, 1.165) is 45.1 Å². The molecule has 0 aliphatic carbocycles. The van der Waals surface area contributed by atoms with Crippen molar-refractivity contribution in [2.45, 2.75) is 27.3 Å². The van der Waals surface area contributed by atoms with Crippen LogP contribution in [0.3, 0.4) is 0 Å². The number of anilines is 5. The highest BCUT2D eigenvalue weighted by Crippen LogP contribution is 2.30. The Hall–Kier alpha value is -5.15. The first-order valence-electron chi connectivity index (χ1n) is 11.3. The molecule has 4 rings (SSSR count). The number of aromatic nitrogens is 4. The molecule has 0 spiro atoms. The van der Waals surface area contributed by atoms with Crippen LogP contribution >= 0.6 is 0 Å². The van der Waals surface area contributed by atoms with E-state index in [9.17, 15) is 0 Å². The Morgan fingerprint density at radius 1 is 1.00 bits per heavy atom. The Morgan fingerprint density at radius 3 is 2.39 bits per heavy atom. The minimum Gasteiger partial charge on any atom is -0.375 e. The van der Waals surface area contributed by atoms with Crippen molar-refractivity contribution >= 4 is 34.9 Å². The Kier molecular flexibility index (Phi) is 7.23. The lowest BCUT2D eigenvalue weighted by Gasteiger charge is -2.17. The molecular formula is C27H25N9. The van der Waals surface area contributed by atoms with Crippen LogP contribution in [0.2, 0.25) is 0 Å². The van der Waals surface area contributed by atoms with Gasteiger partial charge in [-0.2, -0.15) is 15.5 Å². The molecule has 0 aliphatic rings. The summed E-state index contributed by atoms with van der Waals surface area (Å²) in [7, 11) is 0. The zero-order valence-electron chi connectivity index (χ0n) is 20.2. The quantitative estimate of drug-likeness (QED) is 0.240. The fourth-order valence-electron chi connectivity index (χ4n) is 3.71. The molecule has 0 unspecified atom stereocenters. The first kappa shape index (κ1) is 24.0. The summed E-state index contributed by atoms with van der Waals surface area (Å²) in [4.78, 5) is 16.6. The highest BCUT2D eigenvalue weighted by Gasteiger charge is 2.13. The van der Waals surface area contributed by atoms with Crippen molar-refractivity contribution in [3.8, 4) is 12.1 Å². The first-order valence-corrected chi connectivity index (χ1v) is 11.3. The van der Waals surface area contributed by atoms with Crippen LogP contribution < -0.4 is 16.0 Å². The molecule has 0 radical (unpaired) electrons. The summed E-state index contributed by atoms with van der Waals surface area (Å²) < 4.78 is 0. The molecule has 0 saturated carbocycles. The Bertz CT molecular complexity index is 1460. The second-order valence-corrected chi connectivity index (χ2v) is 8.21. The van der Waals surface area contributed by atoms with Gasteiger partial charge in [-0.25, -0.2) is 9.97 Å². The van der Waals surface area contributed by atoms with Gasteiger partial charge in [0.15, 0.2) is 5.82 Å². The monoisotopic (exact) mass is 475 g/mol. The van der Waals surface area contributed by atoms with E-state index in [1.54, 1.807) is 30.7 Å². The summed E-state index contributed by atoms with van der Waals surface area (Å²) in [6.45, 7) is 6.50. The van der Waals surface area contributed by atoms with E-state index in [0.29, 0.717) is 23.9 Å². The van der Waals surface area contributed by atoms with Gasteiger partial charge < -0.3 is 20.9 Å². The maximum atomic E-state index is 9.03. The summed E-state index contributed by atoms with van der Waals surface area (Å²) in [6, 6.07) is 15.3. The number of aryl methyl sites for hydroxylation is 3. The van der Waals surface area contributed by atoms with Crippen LogP contribution in [-0.4, -0.2) is 19.9 Å². The molecule has 0 amide bonds. The van der Waals surface area contributed by atoms with Crippen LogP contribution in [0.1, 0.15) is 33.6 Å². The van der Waals surface area contributed by atoms with Gasteiger partial charge in [-0.1, -0.05) is 0 Å². The van der Waals surface area contributed by atoms with Crippen molar-refractivity contribution in [2.24, 2.45) is 0 Å². The number of nitriles is 2. The van der Waals surface area contributed by atoms with E-state index >= 15 is 0 Å². The van der Waals surface area contributed by atoms with Gasteiger partial charge in [0.05, 0.1) is 48.2 Å². The molecule has 36 heavy (non-hydrogen) atoms. The standard InChI is InChI=1S/C27H25N9/c1-17-11-21(5-4-10-28)12-18(2)25(17)35-26-24(30-14-23-19(3)32-16-33-23)15-31-27(36-26)34-22-8-6-20(13-29)7-9-22/h4-9,11-12,15-16,30H,14H2,1-3H3,(H,32,33)(H2,31,34,35,36)/b5-4+. The summed E-state index contributed by atoms with van der Waals surface area (Å²) >= 11 is 0. The molecule has 0 saturated heterocycles. The average molecular weight is 476 g/mol. The summed E-state index contributed by atoms with van der Waals surface area (Å²) in [5.74, 6) is 1.01. The highest BCUT2D eigenvalue weighted by molar-refractivity contribution is 5.76. The van der Waals surface area contributed by atoms with Crippen molar-refractivity contribution < 1.29 is 0 Å². The number of nitrogens with zero attached hydrogens (tertiary/aromatic N) is 5. The normalized spacial score (nSPS) is 10.6. The number of aromatic amines is 1. The summed E-state index contributed by atoms with van der Waals surface area (Å²) in [5, 5.41) is 27.9. The third kappa shape index (κ3) is 5.66. The van der Waals surface area contributed by atoms with Crippen molar-refractivity contribution in [3.63, 3.8) is 0 Å². The number of imidazole rings is 1.